The normalized spacial score (nSPS) is 10.8. The van der Waals surface area contributed by atoms with Crippen LogP contribution in [0.3, 0.4) is 0 Å². The van der Waals surface area contributed by atoms with Gasteiger partial charge >= 0.3 is 0 Å². The summed E-state index contributed by atoms with van der Waals surface area (Å²) in [5.41, 5.74) is 1.04. The number of nitrogens with one attached hydrogen (secondary N) is 1. The Balaban J connectivity index is 1.90. The third kappa shape index (κ3) is 3.78. The van der Waals surface area contributed by atoms with Crippen LogP contribution >= 0.6 is 38.9 Å². The molecule has 0 bridgehead atoms. The summed E-state index contributed by atoms with van der Waals surface area (Å²) in [6.45, 7) is 1.46. The second kappa shape index (κ2) is 5.96. The molecule has 0 aliphatic rings. The lowest BCUT2D eigenvalue weighted by molar-refractivity contribution is 0.623. The van der Waals surface area contributed by atoms with Gasteiger partial charge < -0.3 is 5.32 Å². The highest BCUT2D eigenvalue weighted by atomic mass is 79.9. The van der Waals surface area contributed by atoms with Gasteiger partial charge in [0.1, 0.15) is 5.82 Å². The maximum atomic E-state index is 12.9. The Labute approximate surface area is 117 Å². The molecule has 1 aromatic heterocycles. The van der Waals surface area contributed by atoms with Crippen molar-refractivity contribution in [1.29, 1.82) is 0 Å². The van der Waals surface area contributed by atoms with Crippen molar-refractivity contribution in [2.24, 2.45) is 0 Å². The highest BCUT2D eigenvalue weighted by Gasteiger charge is 2.02. The molecule has 0 fully saturated rings. The summed E-state index contributed by atoms with van der Waals surface area (Å²) < 4.78 is 14.5. The number of hydrogen-bond donors (Lipinski definition) is 1. The number of hydrogen-bond acceptors (Lipinski definition) is 2. The maximum absolute atomic E-state index is 12.9. The predicted octanol–water partition coefficient (Wildman–Crippen LogP) is 4.59. The molecule has 0 atom stereocenters. The maximum Gasteiger partial charge on any atom is 0.124 e. The average Bonchev–Trinajstić information content (AvgIpc) is 2.68. The third-order valence-corrected chi connectivity index (χ3v) is 4.23. The fourth-order valence-electron chi connectivity index (χ4n) is 1.43. The van der Waals surface area contributed by atoms with Crippen molar-refractivity contribution in [1.82, 2.24) is 5.32 Å². The van der Waals surface area contributed by atoms with Crippen molar-refractivity contribution < 1.29 is 4.39 Å². The van der Waals surface area contributed by atoms with Gasteiger partial charge in [0, 0.05) is 22.4 Å². The van der Waals surface area contributed by atoms with Gasteiger partial charge in [-0.1, -0.05) is 33.6 Å². The molecule has 0 unspecified atom stereocenters. The van der Waals surface area contributed by atoms with Gasteiger partial charge in [-0.3, -0.25) is 0 Å². The molecule has 0 amide bonds. The van der Waals surface area contributed by atoms with Crippen LogP contribution in [0, 0.1) is 5.82 Å². The third-order valence-electron chi connectivity index (χ3n) is 2.26. The molecule has 2 aromatic rings. The van der Waals surface area contributed by atoms with Gasteiger partial charge in [-0.05, 0) is 29.8 Å². The van der Waals surface area contributed by atoms with Gasteiger partial charge in [0.05, 0.1) is 4.34 Å². The Bertz CT molecular complexity index is 515. The fraction of sp³-hybridized carbons (Fsp3) is 0.167. The zero-order valence-corrected chi connectivity index (χ0v) is 12.0. The van der Waals surface area contributed by atoms with E-state index < -0.39 is 0 Å². The summed E-state index contributed by atoms with van der Waals surface area (Å²) in [5.74, 6) is -0.231. The molecular formula is C12H10BrClFNS. The van der Waals surface area contributed by atoms with Crippen LogP contribution < -0.4 is 5.32 Å². The topological polar surface area (TPSA) is 12.0 Å². The molecule has 1 N–H and O–H groups in total. The lowest BCUT2D eigenvalue weighted by Gasteiger charge is -2.05. The van der Waals surface area contributed by atoms with Crippen molar-refractivity contribution >= 4 is 38.9 Å². The molecule has 0 saturated heterocycles. The standard InChI is InChI=1S/C12H10BrClFNS/c13-11-5-9(15)2-1-8(11)6-16-7-10-3-4-12(14)17-10/h1-5,16H,6-7H2. The van der Waals surface area contributed by atoms with Crippen LogP contribution in [0.25, 0.3) is 0 Å². The molecule has 0 aliphatic carbocycles. The lowest BCUT2D eigenvalue weighted by atomic mass is 10.2. The second-order valence-corrected chi connectivity index (χ2v) is 6.20. The van der Waals surface area contributed by atoms with Crippen LogP contribution in [0.4, 0.5) is 4.39 Å². The Hall–Kier alpha value is -0.420. The quantitative estimate of drug-likeness (QED) is 0.862. The summed E-state index contributed by atoms with van der Waals surface area (Å²) in [6.07, 6.45) is 0. The Morgan fingerprint density at radius 1 is 1.24 bits per heavy atom. The lowest BCUT2D eigenvalue weighted by Crippen LogP contribution is -2.12. The first kappa shape index (κ1) is 13.0. The molecule has 0 saturated carbocycles. The zero-order valence-electron chi connectivity index (χ0n) is 8.84. The smallest absolute Gasteiger partial charge is 0.124 e. The molecule has 0 radical (unpaired) electrons. The monoisotopic (exact) mass is 333 g/mol. The molecule has 1 heterocycles. The molecule has 90 valence electrons. The fourth-order valence-corrected chi connectivity index (χ4v) is 2.98. The van der Waals surface area contributed by atoms with E-state index in [0.717, 1.165) is 20.9 Å². The van der Waals surface area contributed by atoms with E-state index in [1.165, 1.54) is 17.0 Å². The highest BCUT2D eigenvalue weighted by molar-refractivity contribution is 9.10. The van der Waals surface area contributed by atoms with E-state index >= 15 is 0 Å². The van der Waals surface area contributed by atoms with Crippen LogP contribution in [0.2, 0.25) is 4.34 Å². The minimum atomic E-state index is -0.231. The zero-order chi connectivity index (χ0) is 12.3. The molecular weight excluding hydrogens is 325 g/mol. The minimum absolute atomic E-state index is 0.231. The van der Waals surface area contributed by atoms with Gasteiger partial charge in [-0.25, -0.2) is 4.39 Å². The van der Waals surface area contributed by atoms with E-state index in [4.69, 9.17) is 11.6 Å². The highest BCUT2D eigenvalue weighted by Crippen LogP contribution is 2.22. The summed E-state index contributed by atoms with van der Waals surface area (Å²) in [7, 11) is 0. The number of benzene rings is 1. The molecule has 1 nitrogen and oxygen atoms in total. The van der Waals surface area contributed by atoms with Gasteiger partial charge in [0.2, 0.25) is 0 Å². The van der Waals surface area contributed by atoms with Crippen molar-refractivity contribution in [3.8, 4) is 0 Å². The van der Waals surface area contributed by atoms with E-state index in [1.807, 2.05) is 12.1 Å². The van der Waals surface area contributed by atoms with Crippen molar-refractivity contribution in [3.05, 3.63) is 55.4 Å². The van der Waals surface area contributed by atoms with Crippen LogP contribution in [0.1, 0.15) is 10.4 Å². The molecule has 2 rings (SSSR count). The molecule has 17 heavy (non-hydrogen) atoms. The summed E-state index contributed by atoms with van der Waals surface area (Å²) >= 11 is 10.7. The number of halogens is 3. The van der Waals surface area contributed by atoms with Crippen molar-refractivity contribution in [2.45, 2.75) is 13.1 Å². The Morgan fingerprint density at radius 2 is 2.06 bits per heavy atom. The summed E-state index contributed by atoms with van der Waals surface area (Å²) in [4.78, 5) is 1.19. The SMILES string of the molecule is Fc1ccc(CNCc2ccc(Cl)s2)c(Br)c1. The van der Waals surface area contributed by atoms with Gasteiger partial charge in [0.25, 0.3) is 0 Å². The Kier molecular flexibility index (Phi) is 4.56. The van der Waals surface area contributed by atoms with E-state index in [9.17, 15) is 4.39 Å². The second-order valence-electron chi connectivity index (χ2n) is 3.55. The number of rotatable bonds is 4. The largest absolute Gasteiger partial charge is 0.308 e. The van der Waals surface area contributed by atoms with Crippen LogP contribution in [-0.2, 0) is 13.1 Å². The molecule has 0 spiro atoms. The Morgan fingerprint density at radius 3 is 2.71 bits per heavy atom. The summed E-state index contributed by atoms with van der Waals surface area (Å²) in [6, 6.07) is 8.59. The van der Waals surface area contributed by atoms with Gasteiger partial charge in [0.15, 0.2) is 0 Å². The average molecular weight is 335 g/mol. The molecule has 0 aliphatic heterocycles. The molecule has 5 heteroatoms. The van der Waals surface area contributed by atoms with Crippen molar-refractivity contribution in [3.63, 3.8) is 0 Å². The van der Waals surface area contributed by atoms with Crippen LogP contribution in [0.5, 0.6) is 0 Å². The van der Waals surface area contributed by atoms with E-state index in [1.54, 1.807) is 17.4 Å². The van der Waals surface area contributed by atoms with Crippen LogP contribution in [0.15, 0.2) is 34.8 Å². The first-order valence-corrected chi connectivity index (χ1v) is 7.03. The minimum Gasteiger partial charge on any atom is -0.308 e. The van der Waals surface area contributed by atoms with E-state index in [0.29, 0.717) is 6.54 Å². The first-order valence-electron chi connectivity index (χ1n) is 5.04. The first-order chi connectivity index (χ1) is 8.15. The van der Waals surface area contributed by atoms with E-state index in [-0.39, 0.29) is 5.82 Å². The van der Waals surface area contributed by atoms with Gasteiger partial charge in [-0.2, -0.15) is 0 Å². The predicted molar refractivity (Wildman–Crippen MR) is 74.0 cm³/mol. The van der Waals surface area contributed by atoms with Gasteiger partial charge in [-0.15, -0.1) is 11.3 Å². The number of thiophene rings is 1. The van der Waals surface area contributed by atoms with E-state index in [2.05, 4.69) is 21.2 Å². The summed E-state index contributed by atoms with van der Waals surface area (Å²) in [5, 5.41) is 3.29. The van der Waals surface area contributed by atoms with Crippen molar-refractivity contribution in [2.75, 3.05) is 0 Å². The molecule has 1 aromatic carbocycles. The van der Waals surface area contributed by atoms with Crippen LogP contribution in [-0.4, -0.2) is 0 Å².